The molecule has 12 nitrogen and oxygen atoms in total. The molecule has 0 fully saturated rings. The molecule has 2 N–H and O–H groups in total. The molecule has 0 aliphatic rings. The maximum atomic E-state index is 12.2. The highest BCUT2D eigenvalue weighted by atomic mass is 16.6. The minimum absolute atomic E-state index is 0.138. The van der Waals surface area contributed by atoms with E-state index in [1.165, 1.54) is 56.7 Å². The summed E-state index contributed by atoms with van der Waals surface area (Å²) >= 11 is 0. The molecule has 0 radical (unpaired) electrons. The molecular formula is C25H22N4O8. The van der Waals surface area contributed by atoms with Crippen LogP contribution in [0.25, 0.3) is 0 Å². The summed E-state index contributed by atoms with van der Waals surface area (Å²) in [5.74, 6) is -1.56. The van der Waals surface area contributed by atoms with E-state index in [0.29, 0.717) is 22.8 Å². The molecule has 0 saturated carbocycles. The number of carbonyl (C=O) groups is 3. The Bertz CT molecular complexity index is 1350. The number of non-ortho nitro benzene ring substituents is 1. The fourth-order valence-electron chi connectivity index (χ4n) is 2.98. The Balaban J connectivity index is 1.58. The second kappa shape index (κ2) is 11.9. The molecule has 37 heavy (non-hydrogen) atoms. The van der Waals surface area contributed by atoms with Crippen LogP contribution in [0.2, 0.25) is 0 Å². The fourth-order valence-corrected chi connectivity index (χ4v) is 2.98. The van der Waals surface area contributed by atoms with Gasteiger partial charge in [0.15, 0.2) is 0 Å². The Morgan fingerprint density at radius 1 is 0.838 bits per heavy atom. The SMILES string of the molecule is COc1ccc(NC(=O)C(=O)NN=C(C)c2ccc(OC(=O)c3ccc([N+](=O)[O-])cc3)cc2)c(OC)c1. The summed E-state index contributed by atoms with van der Waals surface area (Å²) < 4.78 is 15.5. The molecule has 0 heterocycles. The number of ether oxygens (including phenoxy) is 3. The highest BCUT2D eigenvalue weighted by Crippen LogP contribution is 2.28. The van der Waals surface area contributed by atoms with Gasteiger partial charge >= 0.3 is 17.8 Å². The second-order valence-electron chi connectivity index (χ2n) is 7.38. The summed E-state index contributed by atoms with van der Waals surface area (Å²) in [5.41, 5.74) is 3.45. The number of esters is 1. The fraction of sp³-hybridized carbons (Fsp3) is 0.120. The lowest BCUT2D eigenvalue weighted by atomic mass is 10.1. The molecule has 190 valence electrons. The lowest BCUT2D eigenvalue weighted by Crippen LogP contribution is -2.33. The van der Waals surface area contributed by atoms with Crippen LogP contribution >= 0.6 is 0 Å². The van der Waals surface area contributed by atoms with E-state index >= 15 is 0 Å². The number of carbonyl (C=O) groups excluding carboxylic acids is 3. The number of hydrazone groups is 1. The van der Waals surface area contributed by atoms with Crippen molar-refractivity contribution in [1.82, 2.24) is 5.43 Å². The highest BCUT2D eigenvalue weighted by Gasteiger charge is 2.16. The van der Waals surface area contributed by atoms with Gasteiger partial charge in [0.1, 0.15) is 17.2 Å². The number of nitro groups is 1. The third-order valence-corrected chi connectivity index (χ3v) is 4.98. The Hall–Kier alpha value is -5.26. The van der Waals surface area contributed by atoms with Crippen molar-refractivity contribution in [3.8, 4) is 17.2 Å². The van der Waals surface area contributed by atoms with Gasteiger partial charge in [-0.3, -0.25) is 19.7 Å². The minimum atomic E-state index is -0.995. The van der Waals surface area contributed by atoms with Crippen LogP contribution in [0.15, 0.2) is 71.8 Å². The van der Waals surface area contributed by atoms with Gasteiger partial charge in [0, 0.05) is 18.2 Å². The quantitative estimate of drug-likeness (QED) is 0.118. The molecule has 2 amide bonds. The molecule has 0 bridgehead atoms. The van der Waals surface area contributed by atoms with Crippen molar-refractivity contribution in [2.45, 2.75) is 6.92 Å². The summed E-state index contributed by atoms with van der Waals surface area (Å²) in [4.78, 5) is 46.8. The predicted octanol–water partition coefficient (Wildman–Crippen LogP) is 3.31. The van der Waals surface area contributed by atoms with Crippen LogP contribution in [0.4, 0.5) is 11.4 Å². The van der Waals surface area contributed by atoms with Gasteiger partial charge in [-0.15, -0.1) is 0 Å². The summed E-state index contributed by atoms with van der Waals surface area (Å²) in [6, 6.07) is 16.0. The second-order valence-corrected chi connectivity index (χ2v) is 7.38. The smallest absolute Gasteiger partial charge is 0.343 e. The van der Waals surface area contributed by atoms with Crippen LogP contribution in [-0.2, 0) is 9.59 Å². The average Bonchev–Trinajstić information content (AvgIpc) is 2.92. The maximum absolute atomic E-state index is 12.2. The van der Waals surface area contributed by atoms with Crippen molar-refractivity contribution < 1.29 is 33.5 Å². The topological polar surface area (TPSA) is 158 Å². The normalized spacial score (nSPS) is 10.7. The van der Waals surface area contributed by atoms with Gasteiger partial charge in [-0.1, -0.05) is 0 Å². The lowest BCUT2D eigenvalue weighted by molar-refractivity contribution is -0.384. The number of anilines is 1. The van der Waals surface area contributed by atoms with Crippen LogP contribution in [0.5, 0.6) is 17.2 Å². The predicted molar refractivity (Wildman–Crippen MR) is 133 cm³/mol. The van der Waals surface area contributed by atoms with Gasteiger partial charge in [0.25, 0.3) is 5.69 Å². The molecule has 0 aliphatic heterocycles. The first-order valence-electron chi connectivity index (χ1n) is 10.7. The van der Waals surface area contributed by atoms with Gasteiger partial charge in [0.05, 0.1) is 36.1 Å². The van der Waals surface area contributed by atoms with Crippen LogP contribution in [0, 0.1) is 10.1 Å². The minimum Gasteiger partial charge on any atom is -0.497 e. The van der Waals surface area contributed by atoms with Crippen LogP contribution in [-0.4, -0.2) is 42.6 Å². The van der Waals surface area contributed by atoms with E-state index < -0.39 is 22.7 Å². The van der Waals surface area contributed by atoms with Crippen LogP contribution < -0.4 is 25.0 Å². The molecule has 3 rings (SSSR count). The van der Waals surface area contributed by atoms with Gasteiger partial charge < -0.3 is 19.5 Å². The average molecular weight is 506 g/mol. The summed E-state index contributed by atoms with van der Waals surface area (Å²) in [7, 11) is 2.91. The van der Waals surface area contributed by atoms with Gasteiger partial charge in [-0.2, -0.15) is 5.10 Å². The molecule has 0 saturated heterocycles. The number of nitrogens with zero attached hydrogens (tertiary/aromatic N) is 2. The summed E-state index contributed by atoms with van der Waals surface area (Å²) in [6.45, 7) is 1.61. The van der Waals surface area contributed by atoms with Crippen molar-refractivity contribution in [2.75, 3.05) is 19.5 Å². The van der Waals surface area contributed by atoms with Gasteiger partial charge in [-0.25, -0.2) is 10.2 Å². The van der Waals surface area contributed by atoms with E-state index in [9.17, 15) is 24.5 Å². The summed E-state index contributed by atoms with van der Waals surface area (Å²) in [5, 5.41) is 17.1. The number of nitro benzene ring substituents is 1. The van der Waals surface area contributed by atoms with Gasteiger partial charge in [-0.05, 0) is 61.0 Å². The largest absolute Gasteiger partial charge is 0.497 e. The molecule has 3 aromatic carbocycles. The van der Waals surface area contributed by atoms with Crippen molar-refractivity contribution in [3.63, 3.8) is 0 Å². The molecule has 0 unspecified atom stereocenters. The zero-order chi connectivity index (χ0) is 26.9. The van der Waals surface area contributed by atoms with Gasteiger partial charge in [0.2, 0.25) is 0 Å². The number of hydrogen-bond acceptors (Lipinski definition) is 9. The third-order valence-electron chi connectivity index (χ3n) is 4.98. The molecule has 12 heteroatoms. The first-order chi connectivity index (χ1) is 17.7. The van der Waals surface area contributed by atoms with Crippen molar-refractivity contribution in [2.24, 2.45) is 5.10 Å². The number of nitrogens with one attached hydrogen (secondary N) is 2. The Labute approximate surface area is 211 Å². The molecule has 0 aromatic heterocycles. The maximum Gasteiger partial charge on any atom is 0.343 e. The van der Waals surface area contributed by atoms with E-state index in [-0.39, 0.29) is 22.7 Å². The molecule has 0 spiro atoms. The Morgan fingerprint density at radius 2 is 1.46 bits per heavy atom. The number of rotatable bonds is 8. The number of hydrogen-bond donors (Lipinski definition) is 2. The van der Waals surface area contributed by atoms with Crippen molar-refractivity contribution in [1.29, 1.82) is 0 Å². The summed E-state index contributed by atoms with van der Waals surface area (Å²) in [6.07, 6.45) is 0. The lowest BCUT2D eigenvalue weighted by Gasteiger charge is -2.11. The molecule has 0 atom stereocenters. The van der Waals surface area contributed by atoms with E-state index in [1.807, 2.05) is 0 Å². The van der Waals surface area contributed by atoms with E-state index in [1.54, 1.807) is 31.2 Å². The number of amides is 2. The highest BCUT2D eigenvalue weighted by molar-refractivity contribution is 6.39. The molecular weight excluding hydrogens is 484 g/mol. The standard InChI is InChI=1S/C25H22N4O8/c1-15(27-28-24(31)23(30)26-21-13-12-20(35-2)14-22(21)36-3)16-6-10-19(11-7-16)37-25(32)17-4-8-18(9-5-17)29(33)34/h4-14H,1-3H3,(H,26,30)(H,28,31). The molecule has 3 aromatic rings. The molecule has 0 aliphatic carbocycles. The first-order valence-corrected chi connectivity index (χ1v) is 10.7. The number of methoxy groups -OCH3 is 2. The van der Waals surface area contributed by atoms with E-state index in [0.717, 1.165) is 0 Å². The number of benzene rings is 3. The third kappa shape index (κ3) is 6.88. The van der Waals surface area contributed by atoms with Crippen LogP contribution in [0.3, 0.4) is 0 Å². The van der Waals surface area contributed by atoms with Crippen LogP contribution in [0.1, 0.15) is 22.8 Å². The van der Waals surface area contributed by atoms with E-state index in [4.69, 9.17) is 14.2 Å². The Morgan fingerprint density at radius 3 is 2.05 bits per heavy atom. The monoisotopic (exact) mass is 506 g/mol. The Kier molecular flexibility index (Phi) is 8.49. The van der Waals surface area contributed by atoms with Crippen molar-refractivity contribution >= 4 is 34.9 Å². The first kappa shape index (κ1) is 26.3. The van der Waals surface area contributed by atoms with E-state index in [2.05, 4.69) is 15.8 Å². The van der Waals surface area contributed by atoms with Crippen molar-refractivity contribution in [3.05, 3.63) is 88.0 Å². The zero-order valence-electron chi connectivity index (χ0n) is 20.0. The zero-order valence-corrected chi connectivity index (χ0v) is 20.0.